The molecule has 3 nitrogen and oxygen atoms in total. The van der Waals surface area contributed by atoms with E-state index in [0.29, 0.717) is 0 Å². The molecule has 0 saturated carbocycles. The molecule has 13 heavy (non-hydrogen) atoms. The molecule has 0 aliphatic carbocycles. The summed E-state index contributed by atoms with van der Waals surface area (Å²) in [7, 11) is 0. The zero-order valence-corrected chi connectivity index (χ0v) is 6.37. The Labute approximate surface area is 72.2 Å². The van der Waals surface area contributed by atoms with Crippen LogP contribution in [0.5, 0.6) is 5.75 Å². The van der Waals surface area contributed by atoms with Crippen LogP contribution >= 0.6 is 0 Å². The molecule has 2 N–H and O–H groups in total. The van der Waals surface area contributed by atoms with Crippen LogP contribution in [-0.4, -0.2) is 16.2 Å². The van der Waals surface area contributed by atoms with E-state index in [9.17, 15) is 13.6 Å². The molecule has 70 valence electrons. The standard InChI is InChI=1S/C8H6F2O3/c9-7(10)4-2-1-3-5(11)6(4)8(12)13/h1-3,7,11H,(H,12,13). The van der Waals surface area contributed by atoms with Gasteiger partial charge in [-0.25, -0.2) is 13.6 Å². The van der Waals surface area contributed by atoms with Crippen molar-refractivity contribution in [3.8, 4) is 5.75 Å². The molecule has 5 heteroatoms. The van der Waals surface area contributed by atoms with Crippen LogP contribution in [0.25, 0.3) is 0 Å². The Bertz CT molecular complexity index is 336. The number of alkyl halides is 2. The van der Waals surface area contributed by atoms with E-state index >= 15 is 0 Å². The molecule has 0 aromatic heterocycles. The molecular weight excluding hydrogens is 182 g/mol. The maximum absolute atomic E-state index is 12.2. The molecule has 1 aromatic rings. The Kier molecular flexibility index (Phi) is 2.46. The largest absolute Gasteiger partial charge is 0.507 e. The van der Waals surface area contributed by atoms with E-state index in [1.54, 1.807) is 0 Å². The second kappa shape index (κ2) is 3.38. The van der Waals surface area contributed by atoms with Crippen molar-refractivity contribution in [2.45, 2.75) is 6.43 Å². The number of carboxylic acids is 1. The Balaban J connectivity index is 3.34. The molecule has 0 heterocycles. The van der Waals surface area contributed by atoms with Gasteiger partial charge in [-0.05, 0) is 6.07 Å². The van der Waals surface area contributed by atoms with Gasteiger partial charge in [0, 0.05) is 5.56 Å². The third-order valence-corrected chi connectivity index (χ3v) is 1.52. The third kappa shape index (κ3) is 1.74. The molecule has 0 saturated heterocycles. The quantitative estimate of drug-likeness (QED) is 0.746. The first-order valence-corrected chi connectivity index (χ1v) is 3.37. The predicted octanol–water partition coefficient (Wildman–Crippen LogP) is 2.03. The fraction of sp³-hybridized carbons (Fsp3) is 0.125. The van der Waals surface area contributed by atoms with Crippen molar-refractivity contribution in [2.24, 2.45) is 0 Å². The first-order chi connectivity index (χ1) is 6.04. The monoisotopic (exact) mass is 188 g/mol. The molecule has 0 radical (unpaired) electrons. The summed E-state index contributed by atoms with van der Waals surface area (Å²) in [6.45, 7) is 0. The summed E-state index contributed by atoms with van der Waals surface area (Å²) >= 11 is 0. The smallest absolute Gasteiger partial charge is 0.339 e. The molecule has 0 spiro atoms. The molecule has 0 aliphatic rings. The normalized spacial score (nSPS) is 10.4. The number of phenols is 1. The topological polar surface area (TPSA) is 57.5 Å². The average Bonchev–Trinajstić information content (AvgIpc) is 2.02. The minimum Gasteiger partial charge on any atom is -0.507 e. The number of carboxylic acid groups (broad SMARTS) is 1. The van der Waals surface area contributed by atoms with Crippen molar-refractivity contribution in [3.63, 3.8) is 0 Å². The van der Waals surface area contributed by atoms with Crippen molar-refractivity contribution < 1.29 is 23.8 Å². The van der Waals surface area contributed by atoms with Gasteiger partial charge in [0.1, 0.15) is 11.3 Å². The molecule has 0 unspecified atom stereocenters. The van der Waals surface area contributed by atoms with Gasteiger partial charge in [-0.2, -0.15) is 0 Å². The molecule has 1 rings (SSSR count). The minimum atomic E-state index is -2.90. The van der Waals surface area contributed by atoms with Gasteiger partial charge in [0.05, 0.1) is 0 Å². The molecule has 0 fully saturated rings. The Morgan fingerprint density at radius 1 is 1.38 bits per heavy atom. The van der Waals surface area contributed by atoms with Gasteiger partial charge in [0.25, 0.3) is 6.43 Å². The zero-order valence-electron chi connectivity index (χ0n) is 6.37. The van der Waals surface area contributed by atoms with E-state index in [1.807, 2.05) is 0 Å². The number of hydrogen-bond acceptors (Lipinski definition) is 2. The third-order valence-electron chi connectivity index (χ3n) is 1.52. The number of aromatic carboxylic acids is 1. The minimum absolute atomic E-state index is 0.648. The van der Waals surface area contributed by atoms with Crippen LogP contribution in [0.15, 0.2) is 18.2 Å². The van der Waals surface area contributed by atoms with Crippen molar-refractivity contribution in [2.75, 3.05) is 0 Å². The number of carbonyl (C=O) groups is 1. The van der Waals surface area contributed by atoms with Gasteiger partial charge in [0.2, 0.25) is 0 Å². The number of benzene rings is 1. The SMILES string of the molecule is O=C(O)c1c(O)cccc1C(F)F. The Morgan fingerprint density at radius 3 is 2.38 bits per heavy atom. The highest BCUT2D eigenvalue weighted by Crippen LogP contribution is 2.28. The van der Waals surface area contributed by atoms with E-state index < -0.39 is 29.3 Å². The summed E-state index contributed by atoms with van der Waals surface area (Å²) < 4.78 is 24.4. The summed E-state index contributed by atoms with van der Waals surface area (Å²) in [4.78, 5) is 10.5. The molecule has 0 bridgehead atoms. The van der Waals surface area contributed by atoms with Crippen LogP contribution < -0.4 is 0 Å². The fourth-order valence-electron chi connectivity index (χ4n) is 0.972. The lowest BCUT2D eigenvalue weighted by Crippen LogP contribution is -2.02. The lowest BCUT2D eigenvalue weighted by Gasteiger charge is -2.05. The van der Waals surface area contributed by atoms with Crippen molar-refractivity contribution in [1.82, 2.24) is 0 Å². The highest BCUT2D eigenvalue weighted by Gasteiger charge is 2.20. The van der Waals surface area contributed by atoms with Gasteiger partial charge in [-0.15, -0.1) is 0 Å². The van der Waals surface area contributed by atoms with Crippen molar-refractivity contribution in [3.05, 3.63) is 29.3 Å². The first kappa shape index (κ1) is 9.44. The maximum atomic E-state index is 12.2. The highest BCUT2D eigenvalue weighted by atomic mass is 19.3. The lowest BCUT2D eigenvalue weighted by atomic mass is 10.1. The number of hydrogen-bond donors (Lipinski definition) is 2. The second-order valence-corrected chi connectivity index (χ2v) is 2.35. The second-order valence-electron chi connectivity index (χ2n) is 2.35. The molecule has 0 amide bonds. The van der Waals surface area contributed by atoms with Crippen molar-refractivity contribution in [1.29, 1.82) is 0 Å². The van der Waals surface area contributed by atoms with Gasteiger partial charge >= 0.3 is 5.97 Å². The molecular formula is C8H6F2O3. The number of aromatic hydroxyl groups is 1. The Hall–Kier alpha value is -1.65. The predicted molar refractivity (Wildman–Crippen MR) is 40.0 cm³/mol. The summed E-state index contributed by atoms with van der Waals surface area (Å²) in [6.07, 6.45) is -2.90. The van der Waals surface area contributed by atoms with Crippen LogP contribution in [0.1, 0.15) is 22.3 Å². The van der Waals surface area contributed by atoms with Crippen LogP contribution in [0.4, 0.5) is 8.78 Å². The summed E-state index contributed by atoms with van der Waals surface area (Å²) in [5.41, 5.74) is -1.41. The van der Waals surface area contributed by atoms with Crippen LogP contribution in [-0.2, 0) is 0 Å². The molecule has 1 aromatic carbocycles. The van der Waals surface area contributed by atoms with Gasteiger partial charge in [-0.3, -0.25) is 0 Å². The summed E-state index contributed by atoms with van der Waals surface area (Å²) in [5, 5.41) is 17.5. The lowest BCUT2D eigenvalue weighted by molar-refractivity contribution is 0.0681. The summed E-state index contributed by atoms with van der Waals surface area (Å²) in [5.74, 6) is -2.21. The first-order valence-electron chi connectivity index (χ1n) is 3.37. The Morgan fingerprint density at radius 2 is 2.00 bits per heavy atom. The average molecular weight is 188 g/mol. The van der Waals surface area contributed by atoms with E-state index in [1.165, 1.54) is 6.07 Å². The number of halogens is 2. The number of rotatable bonds is 2. The van der Waals surface area contributed by atoms with Crippen LogP contribution in [0.2, 0.25) is 0 Å². The van der Waals surface area contributed by atoms with Crippen LogP contribution in [0, 0.1) is 0 Å². The van der Waals surface area contributed by atoms with Gasteiger partial charge in [-0.1, -0.05) is 12.1 Å². The molecule has 0 atom stereocenters. The maximum Gasteiger partial charge on any atom is 0.339 e. The van der Waals surface area contributed by atoms with E-state index in [2.05, 4.69) is 0 Å². The van der Waals surface area contributed by atoms with E-state index in [0.717, 1.165) is 12.1 Å². The highest BCUT2D eigenvalue weighted by molar-refractivity contribution is 5.92. The summed E-state index contributed by atoms with van der Waals surface area (Å²) in [6, 6.07) is 3.19. The van der Waals surface area contributed by atoms with Crippen LogP contribution in [0.3, 0.4) is 0 Å². The van der Waals surface area contributed by atoms with E-state index in [4.69, 9.17) is 10.2 Å². The van der Waals surface area contributed by atoms with Gasteiger partial charge < -0.3 is 10.2 Å². The zero-order chi connectivity index (χ0) is 10.0. The molecule has 0 aliphatic heterocycles. The van der Waals surface area contributed by atoms with E-state index in [-0.39, 0.29) is 0 Å². The van der Waals surface area contributed by atoms with Gasteiger partial charge in [0.15, 0.2) is 0 Å². The van der Waals surface area contributed by atoms with Crippen molar-refractivity contribution >= 4 is 5.97 Å². The fourth-order valence-corrected chi connectivity index (χ4v) is 0.972.